The third-order valence-electron chi connectivity index (χ3n) is 3.80. The Morgan fingerprint density at radius 3 is 2.21 bits per heavy atom. The minimum atomic E-state index is -0.134. The summed E-state index contributed by atoms with van der Waals surface area (Å²) in [5.41, 5.74) is 22.6. The molecule has 0 saturated heterocycles. The van der Waals surface area contributed by atoms with Gasteiger partial charge in [-0.25, -0.2) is 4.98 Å². The molecule has 0 bridgehead atoms. The van der Waals surface area contributed by atoms with E-state index in [4.69, 9.17) is 27.7 Å². The number of anilines is 4. The van der Waals surface area contributed by atoms with Gasteiger partial charge in [-0.1, -0.05) is 25.0 Å². The van der Waals surface area contributed by atoms with Gasteiger partial charge in [0.2, 0.25) is 0 Å². The zero-order chi connectivity index (χ0) is 17.5. The molecule has 0 spiro atoms. The summed E-state index contributed by atoms with van der Waals surface area (Å²) in [5, 5.41) is 0. The summed E-state index contributed by atoms with van der Waals surface area (Å²) in [6, 6.07) is 10.3. The number of nitrogen functional groups attached to an aromatic ring is 4. The van der Waals surface area contributed by atoms with Crippen LogP contribution in [0.2, 0.25) is 0 Å². The van der Waals surface area contributed by atoms with Crippen molar-refractivity contribution in [1.29, 1.82) is 0 Å². The summed E-state index contributed by atoms with van der Waals surface area (Å²) >= 11 is 0. The largest absolute Gasteiger partial charge is 0.424 e. The first-order valence-electron chi connectivity index (χ1n) is 7.81. The smallest absolute Gasteiger partial charge is 0.314 e. The fourth-order valence-corrected chi connectivity index (χ4v) is 2.43. The number of nitrogens with zero attached hydrogens (tertiary/aromatic N) is 1. The number of aromatic nitrogens is 1. The van der Waals surface area contributed by atoms with Gasteiger partial charge < -0.3 is 27.7 Å². The van der Waals surface area contributed by atoms with E-state index < -0.39 is 0 Å². The molecule has 7 heteroatoms. The van der Waals surface area contributed by atoms with Crippen molar-refractivity contribution < 1.29 is 9.53 Å². The predicted octanol–water partition coefficient (Wildman–Crippen LogP) is 2.19. The van der Waals surface area contributed by atoms with E-state index in [0.29, 0.717) is 22.9 Å². The zero-order valence-corrected chi connectivity index (χ0v) is 13.4. The Kier molecular flexibility index (Phi) is 5.83. The molecular weight excluding hydrogens is 306 g/mol. The molecule has 7 nitrogen and oxygen atoms in total. The van der Waals surface area contributed by atoms with E-state index in [1.165, 1.54) is 0 Å². The average Bonchev–Trinajstić information content (AvgIpc) is 3.09. The fourth-order valence-electron chi connectivity index (χ4n) is 2.43. The van der Waals surface area contributed by atoms with Crippen LogP contribution >= 0.6 is 0 Å². The highest BCUT2D eigenvalue weighted by Gasteiger charge is 2.24. The lowest BCUT2D eigenvalue weighted by Crippen LogP contribution is -2.18. The molecule has 3 rings (SSSR count). The lowest BCUT2D eigenvalue weighted by Gasteiger charge is -2.10. The molecule has 24 heavy (non-hydrogen) atoms. The van der Waals surface area contributed by atoms with Gasteiger partial charge >= 0.3 is 5.97 Å². The number of benzene rings is 1. The van der Waals surface area contributed by atoms with E-state index in [1.54, 1.807) is 24.3 Å². The van der Waals surface area contributed by atoms with Crippen LogP contribution in [0.3, 0.4) is 0 Å². The summed E-state index contributed by atoms with van der Waals surface area (Å²) in [5.74, 6) is 1.10. The standard InChI is InChI=1S/C12H15NO2.C5H8N4/c13-10-7-3-4-8-11(10)15-12(14)9-5-1-2-6-9;6-3-1-2-4(7)9-5(3)8/h3-4,7-9H,1-2,5-6,13H2;1-2H,6H2,(H4,7,8,9). The number of ether oxygens (including phenoxy) is 1. The first-order valence-corrected chi connectivity index (χ1v) is 7.81. The van der Waals surface area contributed by atoms with Crippen molar-refractivity contribution in [2.75, 3.05) is 22.9 Å². The summed E-state index contributed by atoms with van der Waals surface area (Å²) in [7, 11) is 0. The highest BCUT2D eigenvalue weighted by molar-refractivity contribution is 5.77. The summed E-state index contributed by atoms with van der Waals surface area (Å²) < 4.78 is 5.27. The topological polar surface area (TPSA) is 143 Å². The fraction of sp³-hybridized carbons (Fsp3) is 0.294. The Bertz CT molecular complexity index is 699. The van der Waals surface area contributed by atoms with Crippen LogP contribution in [0.25, 0.3) is 0 Å². The molecule has 0 radical (unpaired) electrons. The molecule has 1 fully saturated rings. The average molecular weight is 329 g/mol. The van der Waals surface area contributed by atoms with E-state index in [-0.39, 0.29) is 17.7 Å². The molecule has 128 valence electrons. The number of para-hydroxylation sites is 2. The maximum absolute atomic E-state index is 11.7. The number of carbonyl (C=O) groups excluding carboxylic acids is 1. The second-order valence-electron chi connectivity index (χ2n) is 5.65. The molecular formula is C17H23N5O2. The molecule has 0 amide bonds. The van der Waals surface area contributed by atoms with Gasteiger partial charge in [-0.05, 0) is 37.1 Å². The van der Waals surface area contributed by atoms with Crippen LogP contribution in [0.5, 0.6) is 5.75 Å². The monoisotopic (exact) mass is 329 g/mol. The first-order chi connectivity index (χ1) is 11.5. The number of rotatable bonds is 2. The molecule has 0 unspecified atom stereocenters. The second-order valence-corrected chi connectivity index (χ2v) is 5.65. The third-order valence-corrected chi connectivity index (χ3v) is 3.80. The van der Waals surface area contributed by atoms with Crippen LogP contribution in [0.1, 0.15) is 25.7 Å². The minimum absolute atomic E-state index is 0.0737. The van der Waals surface area contributed by atoms with Crippen molar-refractivity contribution in [1.82, 2.24) is 4.98 Å². The molecule has 0 atom stereocenters. The van der Waals surface area contributed by atoms with Gasteiger partial charge in [0.25, 0.3) is 0 Å². The lowest BCUT2D eigenvalue weighted by atomic mass is 10.1. The second kappa shape index (κ2) is 8.05. The lowest BCUT2D eigenvalue weighted by molar-refractivity contribution is -0.138. The van der Waals surface area contributed by atoms with E-state index >= 15 is 0 Å². The molecule has 0 aliphatic heterocycles. The molecule has 1 aromatic carbocycles. The number of esters is 1. The number of nitrogens with two attached hydrogens (primary N) is 4. The molecule has 2 aromatic rings. The number of hydrogen-bond acceptors (Lipinski definition) is 7. The van der Waals surface area contributed by atoms with Gasteiger partial charge in [0.1, 0.15) is 11.6 Å². The predicted molar refractivity (Wildman–Crippen MR) is 95.9 cm³/mol. The van der Waals surface area contributed by atoms with E-state index in [0.717, 1.165) is 25.7 Å². The van der Waals surface area contributed by atoms with Crippen LogP contribution in [-0.4, -0.2) is 11.0 Å². The Hall–Kier alpha value is -2.96. The zero-order valence-electron chi connectivity index (χ0n) is 13.4. The summed E-state index contributed by atoms with van der Waals surface area (Å²) in [6.07, 6.45) is 4.16. The molecule has 1 heterocycles. The first kappa shape index (κ1) is 17.4. The molecule has 1 aromatic heterocycles. The Morgan fingerprint density at radius 2 is 1.62 bits per heavy atom. The number of carbonyl (C=O) groups is 1. The van der Waals surface area contributed by atoms with Gasteiger partial charge in [-0.2, -0.15) is 0 Å². The van der Waals surface area contributed by atoms with Crippen LogP contribution in [0, 0.1) is 5.92 Å². The van der Waals surface area contributed by atoms with Crippen LogP contribution < -0.4 is 27.7 Å². The van der Waals surface area contributed by atoms with Crippen molar-refractivity contribution in [2.45, 2.75) is 25.7 Å². The van der Waals surface area contributed by atoms with E-state index in [2.05, 4.69) is 4.98 Å². The minimum Gasteiger partial charge on any atom is -0.424 e. The number of pyridine rings is 1. The van der Waals surface area contributed by atoms with Gasteiger partial charge in [-0.3, -0.25) is 4.79 Å². The summed E-state index contributed by atoms with van der Waals surface area (Å²) in [4.78, 5) is 15.4. The van der Waals surface area contributed by atoms with Crippen molar-refractivity contribution in [2.24, 2.45) is 5.92 Å². The highest BCUT2D eigenvalue weighted by Crippen LogP contribution is 2.28. The Labute approximate surface area is 141 Å². The van der Waals surface area contributed by atoms with Crippen molar-refractivity contribution >= 4 is 29.0 Å². The highest BCUT2D eigenvalue weighted by atomic mass is 16.5. The molecule has 1 saturated carbocycles. The van der Waals surface area contributed by atoms with Crippen molar-refractivity contribution in [3.05, 3.63) is 36.4 Å². The van der Waals surface area contributed by atoms with Gasteiger partial charge in [0.05, 0.1) is 17.3 Å². The Balaban J connectivity index is 0.000000198. The third kappa shape index (κ3) is 4.77. The normalized spacial score (nSPS) is 13.8. The quantitative estimate of drug-likeness (QED) is 0.375. The van der Waals surface area contributed by atoms with Crippen molar-refractivity contribution in [3.8, 4) is 5.75 Å². The van der Waals surface area contributed by atoms with Crippen LogP contribution in [0.4, 0.5) is 23.0 Å². The number of hydrogen-bond donors (Lipinski definition) is 4. The molecule has 8 N–H and O–H groups in total. The van der Waals surface area contributed by atoms with E-state index in [9.17, 15) is 4.79 Å². The molecule has 1 aliphatic rings. The molecule has 1 aliphatic carbocycles. The van der Waals surface area contributed by atoms with Crippen molar-refractivity contribution in [3.63, 3.8) is 0 Å². The SMILES string of the molecule is Nc1ccc(N)c(N)n1.Nc1ccccc1OC(=O)C1CCCC1. The van der Waals surface area contributed by atoms with Crippen LogP contribution in [0.15, 0.2) is 36.4 Å². The van der Waals surface area contributed by atoms with Gasteiger partial charge in [0, 0.05) is 0 Å². The Morgan fingerprint density at radius 1 is 0.958 bits per heavy atom. The van der Waals surface area contributed by atoms with Gasteiger partial charge in [-0.15, -0.1) is 0 Å². The van der Waals surface area contributed by atoms with Gasteiger partial charge in [0.15, 0.2) is 5.75 Å². The maximum atomic E-state index is 11.7. The van der Waals surface area contributed by atoms with Crippen LogP contribution in [-0.2, 0) is 4.79 Å². The van der Waals surface area contributed by atoms with E-state index in [1.807, 2.05) is 12.1 Å². The summed E-state index contributed by atoms with van der Waals surface area (Å²) in [6.45, 7) is 0. The maximum Gasteiger partial charge on any atom is 0.314 e.